The zero-order valence-electron chi connectivity index (χ0n) is 6.37. The third-order valence-electron chi connectivity index (χ3n) is 1.09. The molecule has 56 valence electrons. The predicted octanol–water partition coefficient (Wildman–Crippen LogP) is 2.42. The summed E-state index contributed by atoms with van der Waals surface area (Å²) in [5.74, 6) is 0. The molecule has 0 saturated carbocycles. The molecular formula is C8H12ClN. The Morgan fingerprint density at radius 1 is 1.60 bits per heavy atom. The smallest absolute Gasteiger partial charge is 0.0634 e. The van der Waals surface area contributed by atoms with Crippen LogP contribution in [0.2, 0.25) is 0 Å². The summed E-state index contributed by atoms with van der Waals surface area (Å²) < 4.78 is 0. The molecule has 1 N–H and O–H groups in total. The van der Waals surface area contributed by atoms with Crippen LogP contribution < -0.4 is 5.32 Å². The zero-order valence-corrected chi connectivity index (χ0v) is 7.13. The van der Waals surface area contributed by atoms with Crippen LogP contribution in [-0.2, 0) is 0 Å². The Balaban J connectivity index is 4.62. The summed E-state index contributed by atoms with van der Waals surface area (Å²) in [5.41, 5.74) is 1.75. The van der Waals surface area contributed by atoms with Crippen molar-refractivity contribution in [2.24, 2.45) is 0 Å². The van der Waals surface area contributed by atoms with E-state index < -0.39 is 0 Å². The number of likely N-dealkylation sites (N-methyl/N-ethyl adjacent to an activating group) is 1. The average molecular weight is 158 g/mol. The van der Waals surface area contributed by atoms with Crippen LogP contribution in [0, 0.1) is 0 Å². The molecule has 10 heavy (non-hydrogen) atoms. The molecule has 0 spiro atoms. The molecule has 0 radical (unpaired) electrons. The van der Waals surface area contributed by atoms with E-state index in [1.54, 1.807) is 13.1 Å². The lowest BCUT2D eigenvalue weighted by atomic mass is 10.2. The first-order valence-electron chi connectivity index (χ1n) is 2.99. The van der Waals surface area contributed by atoms with Crippen molar-refractivity contribution in [3.05, 3.63) is 35.5 Å². The molecule has 2 heteroatoms. The Bertz CT molecular complexity index is 180. The van der Waals surface area contributed by atoms with Crippen LogP contribution in [0.5, 0.6) is 0 Å². The molecular weight excluding hydrogens is 146 g/mol. The molecule has 0 aliphatic heterocycles. The van der Waals surface area contributed by atoms with Gasteiger partial charge in [0.15, 0.2) is 0 Å². The highest BCUT2D eigenvalue weighted by atomic mass is 35.5. The van der Waals surface area contributed by atoms with Crippen LogP contribution in [0.4, 0.5) is 0 Å². The van der Waals surface area contributed by atoms with Gasteiger partial charge in [-0.3, -0.25) is 0 Å². The number of rotatable bonds is 3. The molecule has 0 aromatic heterocycles. The second-order valence-corrected chi connectivity index (χ2v) is 2.36. The van der Waals surface area contributed by atoms with Crippen molar-refractivity contribution < 1.29 is 0 Å². The SMILES string of the molecule is C=C/C(Cl)=C(/NC)C(=C)C. The molecule has 0 aromatic carbocycles. The Morgan fingerprint density at radius 2 is 2.10 bits per heavy atom. The Kier molecular flexibility index (Phi) is 3.89. The van der Waals surface area contributed by atoms with Gasteiger partial charge in [0.1, 0.15) is 0 Å². The molecule has 0 rings (SSSR count). The quantitative estimate of drug-likeness (QED) is 0.621. The molecule has 0 heterocycles. The van der Waals surface area contributed by atoms with Gasteiger partial charge in [0.25, 0.3) is 0 Å². The van der Waals surface area contributed by atoms with E-state index in [4.69, 9.17) is 11.6 Å². The Morgan fingerprint density at radius 3 is 2.20 bits per heavy atom. The van der Waals surface area contributed by atoms with Crippen molar-refractivity contribution in [1.29, 1.82) is 0 Å². The maximum Gasteiger partial charge on any atom is 0.0634 e. The lowest BCUT2D eigenvalue weighted by molar-refractivity contribution is 0.997. The van der Waals surface area contributed by atoms with Gasteiger partial charge < -0.3 is 5.32 Å². The van der Waals surface area contributed by atoms with E-state index in [2.05, 4.69) is 18.5 Å². The zero-order chi connectivity index (χ0) is 8.15. The first kappa shape index (κ1) is 9.31. The summed E-state index contributed by atoms with van der Waals surface area (Å²) >= 11 is 5.76. The Hall–Kier alpha value is -0.690. The minimum absolute atomic E-state index is 0.606. The number of halogens is 1. The van der Waals surface area contributed by atoms with E-state index in [0.29, 0.717) is 5.03 Å². The van der Waals surface area contributed by atoms with E-state index in [9.17, 15) is 0 Å². The van der Waals surface area contributed by atoms with Gasteiger partial charge in [-0.2, -0.15) is 0 Å². The fraction of sp³-hybridized carbons (Fsp3) is 0.250. The number of hydrogen-bond acceptors (Lipinski definition) is 1. The van der Waals surface area contributed by atoms with Crippen molar-refractivity contribution in [2.75, 3.05) is 7.05 Å². The van der Waals surface area contributed by atoms with E-state index in [0.717, 1.165) is 11.3 Å². The molecule has 0 aliphatic carbocycles. The van der Waals surface area contributed by atoms with Crippen molar-refractivity contribution in [3.63, 3.8) is 0 Å². The highest BCUT2D eigenvalue weighted by molar-refractivity contribution is 6.31. The maximum atomic E-state index is 5.76. The molecule has 0 atom stereocenters. The molecule has 0 aromatic rings. The van der Waals surface area contributed by atoms with E-state index in [1.807, 2.05) is 6.92 Å². The topological polar surface area (TPSA) is 12.0 Å². The average Bonchev–Trinajstić information content (AvgIpc) is 1.88. The lowest BCUT2D eigenvalue weighted by Crippen LogP contribution is -2.07. The summed E-state index contributed by atoms with van der Waals surface area (Å²) in [6.45, 7) is 9.17. The van der Waals surface area contributed by atoms with E-state index in [-0.39, 0.29) is 0 Å². The van der Waals surface area contributed by atoms with Crippen LogP contribution in [0.15, 0.2) is 35.5 Å². The lowest BCUT2D eigenvalue weighted by Gasteiger charge is -2.05. The van der Waals surface area contributed by atoms with Crippen molar-refractivity contribution in [2.45, 2.75) is 6.92 Å². The first-order chi connectivity index (χ1) is 4.63. The summed E-state index contributed by atoms with van der Waals surface area (Å²) in [6, 6.07) is 0. The third-order valence-corrected chi connectivity index (χ3v) is 1.44. The van der Waals surface area contributed by atoms with Crippen molar-refractivity contribution in [1.82, 2.24) is 5.32 Å². The number of hydrogen-bond donors (Lipinski definition) is 1. The summed E-state index contributed by atoms with van der Waals surface area (Å²) in [4.78, 5) is 0. The monoisotopic (exact) mass is 157 g/mol. The van der Waals surface area contributed by atoms with Crippen LogP contribution in [0.3, 0.4) is 0 Å². The van der Waals surface area contributed by atoms with Crippen molar-refractivity contribution >= 4 is 11.6 Å². The minimum atomic E-state index is 0.606. The van der Waals surface area contributed by atoms with Gasteiger partial charge in [-0.05, 0) is 18.6 Å². The van der Waals surface area contributed by atoms with E-state index >= 15 is 0 Å². The molecule has 0 bridgehead atoms. The molecule has 0 saturated heterocycles. The van der Waals surface area contributed by atoms with Crippen LogP contribution in [0.1, 0.15) is 6.92 Å². The summed E-state index contributed by atoms with van der Waals surface area (Å²) in [5, 5.41) is 3.54. The largest absolute Gasteiger partial charge is 0.387 e. The normalized spacial score (nSPS) is 11.9. The third kappa shape index (κ3) is 2.28. The van der Waals surface area contributed by atoms with E-state index in [1.165, 1.54) is 0 Å². The highest BCUT2D eigenvalue weighted by Crippen LogP contribution is 2.13. The molecule has 1 nitrogen and oxygen atoms in total. The second kappa shape index (κ2) is 4.18. The van der Waals surface area contributed by atoms with Gasteiger partial charge in [0.05, 0.1) is 10.7 Å². The molecule has 0 fully saturated rings. The van der Waals surface area contributed by atoms with Crippen molar-refractivity contribution in [3.8, 4) is 0 Å². The molecule has 0 unspecified atom stereocenters. The van der Waals surface area contributed by atoms with Gasteiger partial charge in [-0.1, -0.05) is 24.8 Å². The van der Waals surface area contributed by atoms with Gasteiger partial charge >= 0.3 is 0 Å². The van der Waals surface area contributed by atoms with Crippen LogP contribution in [-0.4, -0.2) is 7.05 Å². The summed E-state index contributed by atoms with van der Waals surface area (Å²) in [7, 11) is 1.80. The standard InChI is InChI=1S/C8H12ClN/c1-5-7(9)8(10-4)6(2)3/h5,10H,1-2H2,3-4H3/b8-7-. The maximum absolute atomic E-state index is 5.76. The van der Waals surface area contributed by atoms with Crippen LogP contribution in [0.25, 0.3) is 0 Å². The fourth-order valence-electron chi connectivity index (χ4n) is 0.639. The number of allylic oxidation sites excluding steroid dienone is 3. The fourth-order valence-corrected chi connectivity index (χ4v) is 0.895. The number of nitrogens with one attached hydrogen (secondary N) is 1. The molecule has 0 aliphatic rings. The van der Waals surface area contributed by atoms with Crippen LogP contribution >= 0.6 is 11.6 Å². The predicted molar refractivity (Wildman–Crippen MR) is 46.9 cm³/mol. The Labute approximate surface area is 67.1 Å². The van der Waals surface area contributed by atoms with Gasteiger partial charge in [0.2, 0.25) is 0 Å². The van der Waals surface area contributed by atoms with Gasteiger partial charge in [-0.15, -0.1) is 0 Å². The van der Waals surface area contributed by atoms with Gasteiger partial charge in [0, 0.05) is 7.05 Å². The van der Waals surface area contributed by atoms with Gasteiger partial charge in [-0.25, -0.2) is 0 Å². The minimum Gasteiger partial charge on any atom is -0.387 e. The molecule has 0 amide bonds. The second-order valence-electron chi connectivity index (χ2n) is 1.96. The first-order valence-corrected chi connectivity index (χ1v) is 3.37. The summed E-state index contributed by atoms with van der Waals surface area (Å²) in [6.07, 6.45) is 1.59. The highest BCUT2D eigenvalue weighted by Gasteiger charge is 1.98.